The predicted octanol–water partition coefficient (Wildman–Crippen LogP) is 2.75. The van der Waals surface area contributed by atoms with Gasteiger partial charge < -0.3 is 5.11 Å². The van der Waals surface area contributed by atoms with Crippen LogP contribution in [0.1, 0.15) is 52.4 Å². The number of rotatable bonds is 2. The molecular formula is C14H25NO2. The number of aliphatic carboxylic acids is 1. The molecule has 3 unspecified atom stereocenters. The second-order valence-electron chi connectivity index (χ2n) is 5.96. The maximum Gasteiger partial charge on any atom is 0.320 e. The molecule has 3 heteroatoms. The monoisotopic (exact) mass is 239 g/mol. The van der Waals surface area contributed by atoms with Gasteiger partial charge in [-0.25, -0.2) is 0 Å². The average Bonchev–Trinajstić information content (AvgIpc) is 2.29. The Balaban J connectivity index is 2.13. The van der Waals surface area contributed by atoms with Gasteiger partial charge in [0, 0.05) is 6.04 Å². The van der Waals surface area contributed by atoms with Crippen LogP contribution < -0.4 is 0 Å². The molecule has 17 heavy (non-hydrogen) atoms. The highest BCUT2D eigenvalue weighted by Gasteiger charge is 2.39. The fraction of sp³-hybridized carbons (Fsp3) is 0.929. The van der Waals surface area contributed by atoms with Gasteiger partial charge in [-0.15, -0.1) is 0 Å². The summed E-state index contributed by atoms with van der Waals surface area (Å²) in [5.41, 5.74) is 0. The fourth-order valence-electron chi connectivity index (χ4n) is 3.89. The summed E-state index contributed by atoms with van der Waals surface area (Å²) < 4.78 is 0. The van der Waals surface area contributed by atoms with E-state index < -0.39 is 5.97 Å². The Labute approximate surface area is 104 Å². The van der Waals surface area contributed by atoms with Crippen LogP contribution in [0, 0.1) is 11.8 Å². The van der Waals surface area contributed by atoms with Crippen molar-refractivity contribution < 1.29 is 9.90 Å². The standard InChI is InChI=1S/C14H25NO2/c1-10-6-5-7-11(2)13(10)15-9-4-3-8-12(15)14(16)17/h10-13H,3-9H2,1-2H3,(H,16,17). The van der Waals surface area contributed by atoms with Gasteiger partial charge >= 0.3 is 5.97 Å². The second-order valence-corrected chi connectivity index (χ2v) is 5.96. The topological polar surface area (TPSA) is 40.5 Å². The summed E-state index contributed by atoms with van der Waals surface area (Å²) in [6, 6.07) is 0.266. The van der Waals surface area contributed by atoms with Gasteiger partial charge in [0.25, 0.3) is 0 Å². The van der Waals surface area contributed by atoms with Crippen LogP contribution in [-0.2, 0) is 4.79 Å². The number of carbonyl (C=O) groups is 1. The van der Waals surface area contributed by atoms with Gasteiger partial charge in [-0.1, -0.05) is 26.7 Å². The third-order valence-electron chi connectivity index (χ3n) is 4.70. The molecule has 2 aliphatic rings. The highest BCUT2D eigenvalue weighted by atomic mass is 16.4. The van der Waals surface area contributed by atoms with Gasteiger partial charge in [-0.05, 0) is 44.1 Å². The summed E-state index contributed by atoms with van der Waals surface area (Å²) in [5.74, 6) is 0.687. The van der Waals surface area contributed by atoms with Crippen molar-refractivity contribution in [3.05, 3.63) is 0 Å². The van der Waals surface area contributed by atoms with E-state index in [1.165, 1.54) is 25.7 Å². The van der Waals surface area contributed by atoms with E-state index in [9.17, 15) is 9.90 Å². The van der Waals surface area contributed by atoms with Gasteiger partial charge in [0.05, 0.1) is 0 Å². The van der Waals surface area contributed by atoms with Crippen molar-refractivity contribution in [1.82, 2.24) is 4.90 Å². The van der Waals surface area contributed by atoms with Gasteiger partial charge in [-0.3, -0.25) is 9.69 Å². The van der Waals surface area contributed by atoms with E-state index in [0.29, 0.717) is 17.9 Å². The van der Waals surface area contributed by atoms with Crippen LogP contribution in [0.5, 0.6) is 0 Å². The first kappa shape index (κ1) is 12.9. The molecule has 1 aliphatic carbocycles. The third-order valence-corrected chi connectivity index (χ3v) is 4.70. The molecule has 0 amide bonds. The highest BCUT2D eigenvalue weighted by Crippen LogP contribution is 2.35. The Morgan fingerprint density at radius 1 is 1.06 bits per heavy atom. The van der Waals surface area contributed by atoms with E-state index in [1.54, 1.807) is 0 Å². The Hall–Kier alpha value is -0.570. The molecule has 1 saturated heterocycles. The Bertz CT molecular complexity index is 269. The number of hydrogen-bond acceptors (Lipinski definition) is 2. The summed E-state index contributed by atoms with van der Waals surface area (Å²) >= 11 is 0. The first-order valence-electron chi connectivity index (χ1n) is 7.10. The largest absolute Gasteiger partial charge is 0.480 e. The number of piperidine rings is 1. The van der Waals surface area contributed by atoms with Crippen molar-refractivity contribution in [1.29, 1.82) is 0 Å². The number of carboxylic acids is 1. The Morgan fingerprint density at radius 2 is 1.71 bits per heavy atom. The molecule has 0 radical (unpaired) electrons. The number of hydrogen-bond donors (Lipinski definition) is 1. The second kappa shape index (κ2) is 5.38. The molecule has 1 heterocycles. The number of carboxylic acid groups (broad SMARTS) is 1. The lowest BCUT2D eigenvalue weighted by Gasteiger charge is -2.46. The van der Waals surface area contributed by atoms with Crippen molar-refractivity contribution in [3.8, 4) is 0 Å². The minimum Gasteiger partial charge on any atom is -0.480 e. The third kappa shape index (κ3) is 2.65. The van der Waals surface area contributed by atoms with Crippen LogP contribution in [0.3, 0.4) is 0 Å². The molecule has 2 rings (SSSR count). The van der Waals surface area contributed by atoms with Gasteiger partial charge in [-0.2, -0.15) is 0 Å². The van der Waals surface area contributed by atoms with Crippen LogP contribution >= 0.6 is 0 Å². The van der Waals surface area contributed by atoms with E-state index in [1.807, 2.05) is 0 Å². The quantitative estimate of drug-likeness (QED) is 0.805. The van der Waals surface area contributed by atoms with Crippen LogP contribution in [0.25, 0.3) is 0 Å². The number of likely N-dealkylation sites (tertiary alicyclic amines) is 1. The zero-order valence-electron chi connectivity index (χ0n) is 11.1. The molecular weight excluding hydrogens is 214 g/mol. The smallest absolute Gasteiger partial charge is 0.320 e. The Kier molecular flexibility index (Phi) is 4.08. The van der Waals surface area contributed by atoms with E-state index in [2.05, 4.69) is 18.7 Å². The average molecular weight is 239 g/mol. The summed E-state index contributed by atoms with van der Waals surface area (Å²) in [6.45, 7) is 5.58. The molecule has 0 aromatic heterocycles. The van der Waals surface area contributed by atoms with E-state index in [0.717, 1.165) is 19.4 Å². The first-order valence-corrected chi connectivity index (χ1v) is 7.10. The van der Waals surface area contributed by atoms with Crippen molar-refractivity contribution in [3.63, 3.8) is 0 Å². The van der Waals surface area contributed by atoms with Gasteiger partial charge in [0.2, 0.25) is 0 Å². The summed E-state index contributed by atoms with van der Waals surface area (Å²) in [4.78, 5) is 13.7. The van der Waals surface area contributed by atoms with Gasteiger partial charge in [0.1, 0.15) is 6.04 Å². The van der Waals surface area contributed by atoms with Crippen LogP contribution in [0.2, 0.25) is 0 Å². The molecule has 3 atom stereocenters. The predicted molar refractivity (Wildman–Crippen MR) is 67.9 cm³/mol. The maximum atomic E-state index is 11.4. The first-order chi connectivity index (χ1) is 8.11. The van der Waals surface area contributed by atoms with Crippen LogP contribution in [0.4, 0.5) is 0 Å². The van der Waals surface area contributed by atoms with Crippen molar-refractivity contribution in [2.75, 3.05) is 6.54 Å². The highest BCUT2D eigenvalue weighted by molar-refractivity contribution is 5.73. The SMILES string of the molecule is CC1CCCC(C)C1N1CCCCC1C(=O)O. The molecule has 1 N–H and O–H groups in total. The minimum atomic E-state index is -0.616. The molecule has 0 aromatic rings. The fourth-order valence-corrected chi connectivity index (χ4v) is 3.89. The van der Waals surface area contributed by atoms with Crippen LogP contribution in [0.15, 0.2) is 0 Å². The summed E-state index contributed by atoms with van der Waals surface area (Å²) in [5, 5.41) is 9.37. The summed E-state index contributed by atoms with van der Waals surface area (Å²) in [7, 11) is 0. The molecule has 2 fully saturated rings. The summed E-state index contributed by atoms with van der Waals surface area (Å²) in [6.07, 6.45) is 6.91. The van der Waals surface area contributed by atoms with E-state index in [-0.39, 0.29) is 6.04 Å². The Morgan fingerprint density at radius 3 is 2.29 bits per heavy atom. The van der Waals surface area contributed by atoms with Crippen LogP contribution in [-0.4, -0.2) is 34.6 Å². The lowest BCUT2D eigenvalue weighted by molar-refractivity contribution is -0.147. The van der Waals surface area contributed by atoms with E-state index in [4.69, 9.17) is 0 Å². The van der Waals surface area contributed by atoms with Gasteiger partial charge in [0.15, 0.2) is 0 Å². The zero-order valence-corrected chi connectivity index (χ0v) is 11.1. The van der Waals surface area contributed by atoms with E-state index >= 15 is 0 Å². The lowest BCUT2D eigenvalue weighted by atomic mass is 9.76. The molecule has 0 bridgehead atoms. The maximum absolute atomic E-state index is 11.4. The van der Waals surface area contributed by atoms with Crippen molar-refractivity contribution in [2.24, 2.45) is 11.8 Å². The molecule has 0 aromatic carbocycles. The lowest BCUT2D eigenvalue weighted by Crippen LogP contribution is -2.55. The molecule has 1 saturated carbocycles. The normalized spacial score (nSPS) is 40.1. The molecule has 98 valence electrons. The minimum absolute atomic E-state index is 0.225. The molecule has 0 spiro atoms. The molecule has 3 nitrogen and oxygen atoms in total. The zero-order chi connectivity index (χ0) is 12.4. The number of nitrogens with zero attached hydrogens (tertiary/aromatic N) is 1. The van der Waals surface area contributed by atoms with Crippen molar-refractivity contribution in [2.45, 2.75) is 64.5 Å². The van der Waals surface area contributed by atoms with Crippen molar-refractivity contribution >= 4 is 5.97 Å². The molecule has 1 aliphatic heterocycles.